The van der Waals surface area contributed by atoms with E-state index in [1.54, 1.807) is 0 Å². The molecule has 4 rings (SSSR count). The second-order valence-electron chi connectivity index (χ2n) is 13.6. The summed E-state index contributed by atoms with van der Waals surface area (Å²) in [6.07, 6.45) is 6.75. The number of allylic oxidation sites excluding steroid dienone is 2. The highest BCUT2D eigenvalue weighted by Gasteiger charge is 2.28. The number of aliphatic imine (C=N–C) groups is 1. The zero-order valence-corrected chi connectivity index (χ0v) is 32.3. The summed E-state index contributed by atoms with van der Waals surface area (Å²) < 4.78 is 11.4. The molecule has 0 bridgehead atoms. The van der Waals surface area contributed by atoms with E-state index in [0.717, 1.165) is 77.4 Å². The maximum absolute atomic E-state index is 13.4. The summed E-state index contributed by atoms with van der Waals surface area (Å²) in [6.45, 7) is 24.2. The van der Waals surface area contributed by atoms with Crippen molar-refractivity contribution in [1.29, 1.82) is 0 Å². The summed E-state index contributed by atoms with van der Waals surface area (Å²) in [5, 5.41) is 0.717. The van der Waals surface area contributed by atoms with E-state index in [1.807, 2.05) is 55.1 Å². The lowest BCUT2D eigenvalue weighted by Gasteiger charge is -2.34. The molecule has 0 radical (unpaired) electrons. The number of hydrogen-bond acceptors (Lipinski definition) is 2. The predicted octanol–water partition coefficient (Wildman–Crippen LogP) is 13.1. The molecule has 1 saturated heterocycles. The molecule has 0 unspecified atom stereocenters. The van der Waals surface area contributed by atoms with Crippen LogP contribution in [-0.4, -0.2) is 36.3 Å². The van der Waals surface area contributed by atoms with E-state index in [2.05, 4.69) is 91.5 Å². The van der Waals surface area contributed by atoms with Crippen LogP contribution in [0.15, 0.2) is 90.0 Å². The van der Waals surface area contributed by atoms with Crippen LogP contribution in [0.4, 0.5) is 10.1 Å². The van der Waals surface area contributed by atoms with Gasteiger partial charge >= 0.3 is 0 Å². The minimum Gasteiger partial charge on any atom is -0.339 e. The van der Waals surface area contributed by atoms with E-state index >= 15 is 0 Å². The molecule has 0 aromatic heterocycles. The number of hydrogen-bond donors (Lipinski definition) is 0. The first kappa shape index (κ1) is 41.7. The number of likely N-dealkylation sites (tertiary alicyclic amines) is 1. The van der Waals surface area contributed by atoms with Gasteiger partial charge in [-0.1, -0.05) is 114 Å². The molecule has 1 aliphatic rings. The summed E-state index contributed by atoms with van der Waals surface area (Å²) in [5.41, 5.74) is 9.65. The Morgan fingerprint density at radius 3 is 2.10 bits per heavy atom. The Kier molecular flexibility index (Phi) is 18.3. The van der Waals surface area contributed by atoms with E-state index < -0.39 is 0 Å². The van der Waals surface area contributed by atoms with Gasteiger partial charge < -0.3 is 4.90 Å². The lowest BCUT2D eigenvalue weighted by Crippen LogP contribution is -2.41. The molecule has 0 spiro atoms. The quantitative estimate of drug-likeness (QED) is 0.154. The van der Waals surface area contributed by atoms with Gasteiger partial charge in [-0.15, -0.1) is 0 Å². The maximum atomic E-state index is 13.4. The number of alkyl halides is 1. The predicted molar refractivity (Wildman–Crippen MR) is 212 cm³/mol. The van der Waals surface area contributed by atoms with Gasteiger partial charge in [0, 0.05) is 35.3 Å². The number of para-hydroxylation sites is 1. The fourth-order valence-corrected chi connectivity index (χ4v) is 5.81. The highest BCUT2D eigenvalue weighted by Crippen LogP contribution is 2.30. The molecular weight excluding hydrogens is 627 g/mol. The topological polar surface area (TPSA) is 32.7 Å². The molecule has 1 fully saturated rings. The molecule has 266 valence electrons. The number of halogens is 2. The van der Waals surface area contributed by atoms with Crippen LogP contribution < -0.4 is 0 Å². The monoisotopic (exact) mass is 686 g/mol. The number of carbonyl (C=O) groups is 1. The molecule has 0 aliphatic carbocycles. The number of carbonyl (C=O) groups excluding carboxylic acids is 1. The fourth-order valence-electron chi connectivity index (χ4n) is 5.62. The highest BCUT2D eigenvalue weighted by atomic mass is 35.5. The average molecular weight is 687 g/mol. The van der Waals surface area contributed by atoms with Gasteiger partial charge in [-0.25, -0.2) is 0 Å². The molecule has 49 heavy (non-hydrogen) atoms. The van der Waals surface area contributed by atoms with Crippen LogP contribution in [0.25, 0.3) is 5.57 Å². The van der Waals surface area contributed by atoms with E-state index in [0.29, 0.717) is 23.3 Å². The molecule has 0 atom stereocenters. The number of nitrogens with zero attached hydrogens (tertiary/aromatic N) is 2. The smallest absolute Gasteiger partial charge is 0.253 e. The van der Waals surface area contributed by atoms with E-state index in [4.69, 9.17) is 16.6 Å². The van der Waals surface area contributed by atoms with Gasteiger partial charge in [-0.3, -0.25) is 14.2 Å². The SMILES string of the molecule is C/C=C(/c1cccc(Cl)c1)c1ccc(C(=O)N2CCC(C(=Nc3ccccc3C)C(C)C)CC2)cc1C.C=C(CC)CCF.CCC(C)C. The van der Waals surface area contributed by atoms with Crippen LogP contribution >= 0.6 is 11.6 Å². The van der Waals surface area contributed by atoms with Gasteiger partial charge in [-0.05, 0) is 116 Å². The second-order valence-corrected chi connectivity index (χ2v) is 14.1. The Labute approximate surface area is 302 Å². The van der Waals surface area contributed by atoms with E-state index in [-0.39, 0.29) is 12.6 Å². The Bertz CT molecular complexity index is 1550. The molecule has 1 amide bonds. The van der Waals surface area contributed by atoms with Crippen molar-refractivity contribution >= 4 is 34.5 Å². The third-order valence-corrected chi connectivity index (χ3v) is 9.34. The number of rotatable bonds is 10. The summed E-state index contributed by atoms with van der Waals surface area (Å²) in [4.78, 5) is 20.5. The molecule has 1 heterocycles. The summed E-state index contributed by atoms with van der Waals surface area (Å²) in [7, 11) is 0. The van der Waals surface area contributed by atoms with Crippen molar-refractivity contribution < 1.29 is 9.18 Å². The zero-order chi connectivity index (χ0) is 36.5. The first-order chi connectivity index (χ1) is 23.4. The van der Waals surface area contributed by atoms with Crippen molar-refractivity contribution in [3.05, 3.63) is 118 Å². The number of aryl methyl sites for hydroxylation is 2. The minimum absolute atomic E-state index is 0.111. The molecule has 3 aromatic carbocycles. The lowest BCUT2D eigenvalue weighted by atomic mass is 9.86. The Morgan fingerprint density at radius 2 is 1.61 bits per heavy atom. The van der Waals surface area contributed by atoms with Gasteiger partial charge in [0.05, 0.1) is 12.4 Å². The largest absolute Gasteiger partial charge is 0.339 e. The van der Waals surface area contributed by atoms with Crippen molar-refractivity contribution in [2.75, 3.05) is 19.8 Å². The minimum atomic E-state index is -0.257. The summed E-state index contributed by atoms with van der Waals surface area (Å²) in [5.74, 6) is 1.78. The van der Waals surface area contributed by atoms with Gasteiger partial charge in [0.25, 0.3) is 5.91 Å². The van der Waals surface area contributed by atoms with Crippen LogP contribution in [0.1, 0.15) is 113 Å². The standard InChI is InChI=1S/C33H37ClN2O.C6H11F.C5H12/c1-6-29(26-11-9-12-28(34)21-26)30-15-14-27(20-24(30)5)33(37)36-18-16-25(17-19-36)32(22(2)3)35-31-13-8-7-10-23(31)4;1-3-6(2)4-5-7;1-4-5(2)3/h6-15,20-22,25H,16-19H2,1-5H3;2-5H2,1H3;5H,4H2,1-3H3/b29-6-,35-32?;;. The van der Waals surface area contributed by atoms with Crippen molar-refractivity contribution in [3.8, 4) is 0 Å². The average Bonchev–Trinajstić information content (AvgIpc) is 3.09. The van der Waals surface area contributed by atoms with Crippen molar-refractivity contribution in [2.45, 2.75) is 94.4 Å². The second kappa shape index (κ2) is 21.6. The highest BCUT2D eigenvalue weighted by molar-refractivity contribution is 6.30. The van der Waals surface area contributed by atoms with Gasteiger partial charge in [0.1, 0.15) is 0 Å². The summed E-state index contributed by atoms with van der Waals surface area (Å²) in [6, 6.07) is 22.3. The van der Waals surface area contributed by atoms with Gasteiger partial charge in [-0.2, -0.15) is 0 Å². The number of benzene rings is 3. The normalized spacial score (nSPS) is 13.9. The Morgan fingerprint density at radius 1 is 0.959 bits per heavy atom. The summed E-state index contributed by atoms with van der Waals surface area (Å²) >= 11 is 6.24. The molecule has 1 aliphatic heterocycles. The molecule has 3 nitrogen and oxygen atoms in total. The van der Waals surface area contributed by atoms with Crippen LogP contribution in [0.2, 0.25) is 5.02 Å². The van der Waals surface area contributed by atoms with Crippen LogP contribution in [-0.2, 0) is 0 Å². The van der Waals surface area contributed by atoms with Gasteiger partial charge in [0.15, 0.2) is 0 Å². The van der Waals surface area contributed by atoms with Crippen molar-refractivity contribution in [3.63, 3.8) is 0 Å². The third-order valence-electron chi connectivity index (χ3n) is 9.11. The molecule has 0 saturated carbocycles. The van der Waals surface area contributed by atoms with E-state index in [1.165, 1.54) is 17.7 Å². The molecular formula is C44H60ClFN2O. The Balaban J connectivity index is 0.000000595. The third kappa shape index (κ3) is 13.4. The first-order valence-corrected chi connectivity index (χ1v) is 18.4. The first-order valence-electron chi connectivity index (χ1n) is 18.1. The molecule has 3 aromatic rings. The van der Waals surface area contributed by atoms with Gasteiger partial charge in [0.2, 0.25) is 0 Å². The Hall–Kier alpha value is -3.50. The zero-order valence-electron chi connectivity index (χ0n) is 31.6. The lowest BCUT2D eigenvalue weighted by molar-refractivity contribution is 0.0709. The van der Waals surface area contributed by atoms with E-state index in [9.17, 15) is 9.18 Å². The maximum Gasteiger partial charge on any atom is 0.253 e. The van der Waals surface area contributed by atoms with Crippen LogP contribution in [0.5, 0.6) is 0 Å². The number of piperidine rings is 1. The van der Waals surface area contributed by atoms with Crippen molar-refractivity contribution in [1.82, 2.24) is 4.90 Å². The number of amides is 1. The van der Waals surface area contributed by atoms with Crippen LogP contribution in [0.3, 0.4) is 0 Å². The van der Waals surface area contributed by atoms with Crippen LogP contribution in [0, 0.1) is 31.6 Å². The molecule has 5 heteroatoms. The molecule has 0 N–H and O–H groups in total. The van der Waals surface area contributed by atoms with Crippen molar-refractivity contribution in [2.24, 2.45) is 22.7 Å². The fraction of sp³-hybridized carbons (Fsp3) is 0.455.